The summed E-state index contributed by atoms with van der Waals surface area (Å²) in [4.78, 5) is 51.6. The van der Waals surface area contributed by atoms with Crippen LogP contribution < -0.4 is 19.5 Å². The lowest BCUT2D eigenvalue weighted by Gasteiger charge is -2.26. The molecule has 0 radical (unpaired) electrons. The SMILES string of the molecule is CCCCCCCC(=O)N1C[C@H](Oc2cc(-c3cscn3)nc3cc(OC)ccc23)C[C@H]1C(=O)N[C@]1(C(=O)NS(=O)(=O)C2CC2)C[C@H]1C. The number of hydrogen-bond donors (Lipinski definition) is 2. The van der Waals surface area contributed by atoms with Gasteiger partial charge in [-0.05, 0) is 43.7 Å². The van der Waals surface area contributed by atoms with E-state index in [9.17, 15) is 22.8 Å². The molecule has 48 heavy (non-hydrogen) atoms. The fourth-order valence-corrected chi connectivity index (χ4v) is 8.35. The smallest absolute Gasteiger partial charge is 0.259 e. The van der Waals surface area contributed by atoms with Gasteiger partial charge in [0.05, 0.1) is 41.3 Å². The number of nitrogens with zero attached hydrogens (tertiary/aromatic N) is 3. The van der Waals surface area contributed by atoms with Gasteiger partial charge in [-0.2, -0.15) is 0 Å². The number of fused-ring (bicyclic) bond motifs is 1. The first kappa shape index (κ1) is 34.1. The Labute approximate surface area is 285 Å². The van der Waals surface area contributed by atoms with Gasteiger partial charge in [0.15, 0.2) is 0 Å². The predicted octanol–water partition coefficient (Wildman–Crippen LogP) is 4.58. The Kier molecular flexibility index (Phi) is 9.93. The van der Waals surface area contributed by atoms with Gasteiger partial charge in [-0.25, -0.2) is 18.4 Å². The molecule has 2 aliphatic carbocycles. The van der Waals surface area contributed by atoms with Crippen LogP contribution >= 0.6 is 11.3 Å². The highest BCUT2D eigenvalue weighted by molar-refractivity contribution is 7.91. The van der Waals surface area contributed by atoms with Crippen LogP contribution in [0.15, 0.2) is 35.2 Å². The van der Waals surface area contributed by atoms with Crippen molar-refractivity contribution in [3.8, 4) is 22.9 Å². The lowest BCUT2D eigenvalue weighted by molar-refractivity contribution is -0.139. The zero-order chi connectivity index (χ0) is 34.1. The zero-order valence-electron chi connectivity index (χ0n) is 27.6. The Morgan fingerprint density at radius 2 is 1.88 bits per heavy atom. The number of thiazole rings is 1. The fourth-order valence-electron chi connectivity index (χ4n) is 6.44. The van der Waals surface area contributed by atoms with Crippen molar-refractivity contribution in [3.05, 3.63) is 35.2 Å². The summed E-state index contributed by atoms with van der Waals surface area (Å²) < 4.78 is 39.3. The van der Waals surface area contributed by atoms with Gasteiger partial charge in [0.1, 0.15) is 29.2 Å². The minimum Gasteiger partial charge on any atom is -0.497 e. The molecule has 1 aliphatic heterocycles. The molecule has 3 heterocycles. The van der Waals surface area contributed by atoms with Crippen LogP contribution in [-0.4, -0.2) is 77.6 Å². The van der Waals surface area contributed by atoms with Crippen LogP contribution in [-0.2, 0) is 24.4 Å². The highest BCUT2D eigenvalue weighted by Crippen LogP contribution is 2.44. The number of hydrogen-bond acceptors (Lipinski definition) is 10. The third kappa shape index (κ3) is 7.29. The summed E-state index contributed by atoms with van der Waals surface area (Å²) in [7, 11) is -2.20. The monoisotopic (exact) mass is 697 g/mol. The van der Waals surface area contributed by atoms with Crippen molar-refractivity contribution in [1.29, 1.82) is 0 Å². The molecule has 6 rings (SSSR count). The minimum absolute atomic E-state index is 0.149. The first-order chi connectivity index (χ1) is 23.0. The quantitative estimate of drug-likeness (QED) is 0.217. The van der Waals surface area contributed by atoms with E-state index < -0.39 is 44.8 Å². The van der Waals surface area contributed by atoms with Crippen LogP contribution in [0.3, 0.4) is 0 Å². The fraction of sp³-hybridized carbons (Fsp3) is 0.559. The van der Waals surface area contributed by atoms with Gasteiger partial charge in [0.25, 0.3) is 5.91 Å². The van der Waals surface area contributed by atoms with Crippen LogP contribution in [0.5, 0.6) is 11.5 Å². The van der Waals surface area contributed by atoms with Gasteiger partial charge in [0, 0.05) is 35.7 Å². The minimum atomic E-state index is -3.79. The second-order valence-electron chi connectivity index (χ2n) is 13.2. The molecule has 2 aromatic heterocycles. The normalized spacial score (nSPS) is 23.6. The third-order valence-electron chi connectivity index (χ3n) is 9.61. The summed E-state index contributed by atoms with van der Waals surface area (Å²) in [6, 6.07) is 6.45. The first-order valence-electron chi connectivity index (χ1n) is 16.8. The molecule has 3 amide bonds. The summed E-state index contributed by atoms with van der Waals surface area (Å²) in [6.45, 7) is 4.12. The van der Waals surface area contributed by atoms with Gasteiger partial charge in [-0.15, -0.1) is 11.3 Å². The van der Waals surface area contributed by atoms with E-state index in [1.807, 2.05) is 29.6 Å². The van der Waals surface area contributed by atoms with Crippen molar-refractivity contribution in [1.82, 2.24) is 24.9 Å². The standard InChI is InChI=1S/C34H43N5O7S2/c1-4-5-6-7-8-9-31(40)39-18-23(15-29(39)32(41)37-34(17-21(34)2)33(42)38-48(43,44)24-11-12-24)46-30-16-27(28-19-47-20-35-28)36-26-14-22(45-3)10-13-25(26)30/h10,13-14,16,19-21,23-24,29H,4-9,11-12,15,17-18H2,1-3H3,(H,37,41)(H,38,42)/t21-,23-,29+,34-/m1/s1. The number of nitrogens with one attached hydrogen (secondary N) is 2. The Bertz CT molecular complexity index is 1780. The number of likely N-dealkylation sites (tertiary alicyclic amines) is 1. The number of amides is 3. The summed E-state index contributed by atoms with van der Waals surface area (Å²) in [5, 5.41) is 4.95. The van der Waals surface area contributed by atoms with Gasteiger partial charge in [0.2, 0.25) is 21.8 Å². The van der Waals surface area contributed by atoms with Crippen LogP contribution in [0.1, 0.15) is 78.1 Å². The summed E-state index contributed by atoms with van der Waals surface area (Å²) in [6.07, 6.45) is 6.19. The van der Waals surface area contributed by atoms with E-state index in [1.54, 1.807) is 24.4 Å². The summed E-state index contributed by atoms with van der Waals surface area (Å²) >= 11 is 1.46. The molecule has 258 valence electrons. The average Bonchev–Trinajstić information content (AvgIpc) is 3.90. The second-order valence-corrected chi connectivity index (χ2v) is 15.9. The number of carbonyl (C=O) groups excluding carboxylic acids is 3. The molecule has 3 aliphatic rings. The number of aromatic nitrogens is 2. The molecular weight excluding hydrogens is 655 g/mol. The third-order valence-corrected chi connectivity index (χ3v) is 12.0. The Morgan fingerprint density at radius 1 is 1.10 bits per heavy atom. The van der Waals surface area contributed by atoms with E-state index >= 15 is 0 Å². The van der Waals surface area contributed by atoms with Crippen LogP contribution in [0.25, 0.3) is 22.3 Å². The second kappa shape index (κ2) is 14.0. The summed E-state index contributed by atoms with van der Waals surface area (Å²) in [5.74, 6) is -0.429. The van der Waals surface area contributed by atoms with Gasteiger partial charge < -0.3 is 19.7 Å². The number of carbonyl (C=O) groups is 3. The number of sulfonamides is 1. The van der Waals surface area contributed by atoms with E-state index in [-0.39, 0.29) is 24.8 Å². The number of benzene rings is 1. The number of unbranched alkanes of at least 4 members (excludes halogenated alkanes) is 4. The molecule has 2 N–H and O–H groups in total. The van der Waals surface area contributed by atoms with Gasteiger partial charge in [-0.1, -0.05) is 39.5 Å². The zero-order valence-corrected chi connectivity index (χ0v) is 29.2. The molecule has 1 aromatic carbocycles. The van der Waals surface area contributed by atoms with Gasteiger partial charge in [-0.3, -0.25) is 19.1 Å². The van der Waals surface area contributed by atoms with Crippen LogP contribution in [0, 0.1) is 5.92 Å². The highest BCUT2D eigenvalue weighted by atomic mass is 32.2. The molecule has 14 heteroatoms. The number of methoxy groups -OCH3 is 1. The van der Waals surface area contributed by atoms with Crippen molar-refractivity contribution < 1.29 is 32.3 Å². The average molecular weight is 698 g/mol. The molecule has 2 saturated carbocycles. The predicted molar refractivity (Wildman–Crippen MR) is 182 cm³/mol. The molecule has 0 bridgehead atoms. The molecule has 0 spiro atoms. The van der Waals surface area contributed by atoms with E-state index in [0.717, 1.165) is 31.1 Å². The largest absolute Gasteiger partial charge is 0.497 e. The Hall–Kier alpha value is -3.78. The molecule has 3 aromatic rings. The molecular formula is C34H43N5O7S2. The maximum atomic E-state index is 14.0. The molecule has 1 saturated heterocycles. The maximum absolute atomic E-state index is 14.0. The topological polar surface area (TPSA) is 157 Å². The number of ether oxygens (including phenoxy) is 2. The van der Waals surface area contributed by atoms with E-state index in [4.69, 9.17) is 14.5 Å². The Morgan fingerprint density at radius 3 is 2.54 bits per heavy atom. The van der Waals surface area contributed by atoms with Crippen molar-refractivity contribution in [2.45, 2.75) is 101 Å². The van der Waals surface area contributed by atoms with Crippen molar-refractivity contribution in [2.24, 2.45) is 5.92 Å². The highest BCUT2D eigenvalue weighted by Gasteiger charge is 2.60. The van der Waals surface area contributed by atoms with E-state index in [0.29, 0.717) is 60.5 Å². The Balaban J connectivity index is 1.24. The molecule has 0 unspecified atom stereocenters. The van der Waals surface area contributed by atoms with Gasteiger partial charge >= 0.3 is 0 Å². The van der Waals surface area contributed by atoms with Crippen molar-refractivity contribution in [2.75, 3.05) is 13.7 Å². The lowest BCUT2D eigenvalue weighted by Crippen LogP contribution is -2.56. The number of rotatable bonds is 15. The first-order valence-corrected chi connectivity index (χ1v) is 19.2. The maximum Gasteiger partial charge on any atom is 0.259 e. The van der Waals surface area contributed by atoms with Crippen molar-refractivity contribution >= 4 is 50.0 Å². The number of pyridine rings is 1. The van der Waals surface area contributed by atoms with E-state index in [1.165, 1.54) is 11.3 Å². The lowest BCUT2D eigenvalue weighted by atomic mass is 10.1. The van der Waals surface area contributed by atoms with Crippen LogP contribution in [0.4, 0.5) is 0 Å². The van der Waals surface area contributed by atoms with Crippen molar-refractivity contribution in [3.63, 3.8) is 0 Å². The van der Waals surface area contributed by atoms with Crippen LogP contribution in [0.2, 0.25) is 0 Å². The molecule has 12 nitrogen and oxygen atoms in total. The summed E-state index contributed by atoms with van der Waals surface area (Å²) in [5.41, 5.74) is 2.36. The molecule has 3 fully saturated rings. The van der Waals surface area contributed by atoms with E-state index in [2.05, 4.69) is 21.9 Å². The molecule has 4 atom stereocenters.